The molecule has 0 spiro atoms. The lowest BCUT2D eigenvalue weighted by molar-refractivity contribution is -0.127. The van der Waals surface area contributed by atoms with Crippen molar-refractivity contribution in [2.75, 3.05) is 6.54 Å². The number of ether oxygens (including phenoxy) is 1. The standard InChI is InChI=1S/C15H17ClFN3O2/c1-11(22-14-4-3-12(17)9-13(14)16)15(21)19-5-2-7-20-8-6-18-10-20/h3-4,6,8-11H,2,5,7H2,1H3,(H,19,21)/t11-/m1/s1. The summed E-state index contributed by atoms with van der Waals surface area (Å²) in [5.74, 6) is -0.413. The molecule has 1 heterocycles. The van der Waals surface area contributed by atoms with Crippen LogP contribution in [0.4, 0.5) is 4.39 Å². The van der Waals surface area contributed by atoms with Crippen molar-refractivity contribution in [3.05, 3.63) is 47.8 Å². The zero-order chi connectivity index (χ0) is 15.9. The molecule has 22 heavy (non-hydrogen) atoms. The zero-order valence-electron chi connectivity index (χ0n) is 12.1. The minimum atomic E-state index is -0.712. The van der Waals surface area contributed by atoms with Crippen molar-refractivity contribution in [1.82, 2.24) is 14.9 Å². The highest BCUT2D eigenvalue weighted by Gasteiger charge is 2.15. The number of amides is 1. The zero-order valence-corrected chi connectivity index (χ0v) is 12.9. The fourth-order valence-corrected chi connectivity index (χ4v) is 2.06. The maximum atomic E-state index is 12.9. The molecular weight excluding hydrogens is 309 g/mol. The molecule has 0 radical (unpaired) electrons. The highest BCUT2D eigenvalue weighted by molar-refractivity contribution is 6.32. The first-order valence-electron chi connectivity index (χ1n) is 6.91. The van der Waals surface area contributed by atoms with E-state index in [1.54, 1.807) is 19.4 Å². The number of halogens is 2. The molecule has 1 amide bonds. The van der Waals surface area contributed by atoms with Gasteiger partial charge < -0.3 is 14.6 Å². The molecule has 1 N–H and O–H groups in total. The SMILES string of the molecule is C[C@@H](Oc1ccc(F)cc1Cl)C(=O)NCCCn1ccnc1. The molecule has 7 heteroatoms. The van der Waals surface area contributed by atoms with Gasteiger partial charge in [0.15, 0.2) is 6.10 Å². The van der Waals surface area contributed by atoms with Crippen LogP contribution in [0.15, 0.2) is 36.9 Å². The summed E-state index contributed by atoms with van der Waals surface area (Å²) in [5.41, 5.74) is 0. The highest BCUT2D eigenvalue weighted by Crippen LogP contribution is 2.25. The molecule has 0 aliphatic carbocycles. The summed E-state index contributed by atoms with van der Waals surface area (Å²) in [6.07, 6.45) is 5.37. The van der Waals surface area contributed by atoms with Crippen LogP contribution in [-0.4, -0.2) is 28.1 Å². The highest BCUT2D eigenvalue weighted by atomic mass is 35.5. The van der Waals surface area contributed by atoms with Crippen molar-refractivity contribution < 1.29 is 13.9 Å². The van der Waals surface area contributed by atoms with Crippen molar-refractivity contribution in [2.45, 2.75) is 26.0 Å². The van der Waals surface area contributed by atoms with Crippen LogP contribution in [-0.2, 0) is 11.3 Å². The van der Waals surface area contributed by atoms with Gasteiger partial charge >= 0.3 is 0 Å². The quantitative estimate of drug-likeness (QED) is 0.796. The largest absolute Gasteiger partial charge is 0.479 e. The van der Waals surface area contributed by atoms with Gasteiger partial charge in [-0.2, -0.15) is 0 Å². The molecule has 0 saturated carbocycles. The van der Waals surface area contributed by atoms with E-state index in [0.717, 1.165) is 19.0 Å². The number of hydrogen-bond acceptors (Lipinski definition) is 3. The monoisotopic (exact) mass is 325 g/mol. The molecule has 0 saturated heterocycles. The predicted molar refractivity (Wildman–Crippen MR) is 81.4 cm³/mol. The lowest BCUT2D eigenvalue weighted by atomic mass is 10.3. The third kappa shape index (κ3) is 4.73. The van der Waals surface area contributed by atoms with E-state index in [2.05, 4.69) is 10.3 Å². The fourth-order valence-electron chi connectivity index (χ4n) is 1.85. The maximum absolute atomic E-state index is 12.9. The summed E-state index contributed by atoms with van der Waals surface area (Å²) < 4.78 is 20.3. The van der Waals surface area contributed by atoms with Gasteiger partial charge in [0.25, 0.3) is 5.91 Å². The van der Waals surface area contributed by atoms with Crippen LogP contribution in [0.25, 0.3) is 0 Å². The van der Waals surface area contributed by atoms with Crippen molar-refractivity contribution in [1.29, 1.82) is 0 Å². The van der Waals surface area contributed by atoms with Gasteiger partial charge in [-0.05, 0) is 31.5 Å². The first-order chi connectivity index (χ1) is 10.6. The van der Waals surface area contributed by atoms with Crippen LogP contribution in [0.3, 0.4) is 0 Å². The number of nitrogens with one attached hydrogen (secondary N) is 1. The van der Waals surface area contributed by atoms with E-state index in [0.29, 0.717) is 6.54 Å². The van der Waals surface area contributed by atoms with Crippen molar-refractivity contribution in [3.8, 4) is 5.75 Å². The second-order valence-corrected chi connectivity index (χ2v) is 5.19. The molecule has 0 bridgehead atoms. The molecule has 118 valence electrons. The van der Waals surface area contributed by atoms with Crippen molar-refractivity contribution in [3.63, 3.8) is 0 Å². The Morgan fingerprint density at radius 1 is 1.55 bits per heavy atom. The Morgan fingerprint density at radius 3 is 3.05 bits per heavy atom. The minimum absolute atomic E-state index is 0.139. The summed E-state index contributed by atoms with van der Waals surface area (Å²) >= 11 is 5.86. The van der Waals surface area contributed by atoms with Crippen LogP contribution in [0.5, 0.6) is 5.75 Å². The van der Waals surface area contributed by atoms with E-state index >= 15 is 0 Å². The van der Waals surface area contributed by atoms with Crippen LogP contribution < -0.4 is 10.1 Å². The second kappa shape index (κ2) is 7.79. The molecule has 1 atom stereocenters. The van der Waals surface area contributed by atoms with E-state index < -0.39 is 11.9 Å². The summed E-state index contributed by atoms with van der Waals surface area (Å²) in [7, 11) is 0. The third-order valence-electron chi connectivity index (χ3n) is 3.02. The lowest BCUT2D eigenvalue weighted by Gasteiger charge is -2.15. The minimum Gasteiger partial charge on any atom is -0.479 e. The van der Waals surface area contributed by atoms with Crippen LogP contribution in [0.1, 0.15) is 13.3 Å². The van der Waals surface area contributed by atoms with Gasteiger partial charge in [-0.25, -0.2) is 9.37 Å². The van der Waals surface area contributed by atoms with E-state index in [1.165, 1.54) is 12.1 Å². The smallest absolute Gasteiger partial charge is 0.260 e. The van der Waals surface area contributed by atoms with Gasteiger partial charge in [0.2, 0.25) is 0 Å². The maximum Gasteiger partial charge on any atom is 0.260 e. The van der Waals surface area contributed by atoms with Crippen LogP contribution >= 0.6 is 11.6 Å². The molecule has 1 aromatic heterocycles. The summed E-state index contributed by atoms with van der Waals surface area (Å²) in [6.45, 7) is 2.92. The average molecular weight is 326 g/mol. The Hall–Kier alpha value is -2.08. The second-order valence-electron chi connectivity index (χ2n) is 4.78. The summed E-state index contributed by atoms with van der Waals surface area (Å²) in [6, 6.07) is 3.78. The van der Waals surface area contributed by atoms with Crippen LogP contribution in [0.2, 0.25) is 5.02 Å². The predicted octanol–water partition coefficient (Wildman–Crippen LogP) is 2.65. The number of nitrogens with zero attached hydrogens (tertiary/aromatic N) is 2. The molecule has 5 nitrogen and oxygen atoms in total. The van der Waals surface area contributed by atoms with Gasteiger partial charge in [-0.3, -0.25) is 4.79 Å². The molecule has 1 aromatic carbocycles. The first-order valence-corrected chi connectivity index (χ1v) is 7.29. The number of aryl methyl sites for hydroxylation is 1. The van der Waals surface area contributed by atoms with E-state index in [1.807, 2.05) is 10.8 Å². The topological polar surface area (TPSA) is 56.1 Å². The van der Waals surface area contributed by atoms with Crippen LogP contribution in [0, 0.1) is 5.82 Å². The Labute approximate surface area is 133 Å². The molecule has 0 aliphatic rings. The summed E-state index contributed by atoms with van der Waals surface area (Å²) in [5, 5.41) is 2.92. The Bertz CT molecular complexity index is 619. The van der Waals surface area contributed by atoms with E-state index in [-0.39, 0.29) is 16.7 Å². The van der Waals surface area contributed by atoms with Gasteiger partial charge in [0, 0.05) is 25.5 Å². The third-order valence-corrected chi connectivity index (χ3v) is 3.31. The van der Waals surface area contributed by atoms with Crippen molar-refractivity contribution in [2.24, 2.45) is 0 Å². The van der Waals surface area contributed by atoms with Gasteiger partial charge in [0.05, 0.1) is 11.3 Å². The number of hydrogen-bond donors (Lipinski definition) is 1. The van der Waals surface area contributed by atoms with Crippen molar-refractivity contribution >= 4 is 17.5 Å². The van der Waals surface area contributed by atoms with E-state index in [4.69, 9.17) is 16.3 Å². The molecule has 2 rings (SSSR count). The lowest BCUT2D eigenvalue weighted by Crippen LogP contribution is -2.37. The Kier molecular flexibility index (Phi) is 5.77. The summed E-state index contributed by atoms with van der Waals surface area (Å²) in [4.78, 5) is 15.9. The molecular formula is C15H17ClFN3O2. The number of rotatable bonds is 7. The molecule has 0 aliphatic heterocycles. The van der Waals surface area contributed by atoms with Gasteiger partial charge in [0.1, 0.15) is 11.6 Å². The first kappa shape index (κ1) is 16.3. The number of benzene rings is 1. The normalized spacial score (nSPS) is 12.0. The Morgan fingerprint density at radius 2 is 2.36 bits per heavy atom. The van der Waals surface area contributed by atoms with Gasteiger partial charge in [-0.15, -0.1) is 0 Å². The number of aromatic nitrogens is 2. The fraction of sp³-hybridized carbons (Fsp3) is 0.333. The number of imidazole rings is 1. The number of carbonyl (C=O) groups excluding carboxylic acids is 1. The molecule has 2 aromatic rings. The van der Waals surface area contributed by atoms with E-state index in [9.17, 15) is 9.18 Å². The van der Waals surface area contributed by atoms with Gasteiger partial charge in [-0.1, -0.05) is 11.6 Å². The molecule has 0 unspecified atom stereocenters. The number of carbonyl (C=O) groups is 1. The average Bonchev–Trinajstić information content (AvgIpc) is 2.99. The molecule has 0 fully saturated rings. The Balaban J connectivity index is 1.74.